The highest BCUT2D eigenvalue weighted by molar-refractivity contribution is 7.89. The first-order valence-corrected chi connectivity index (χ1v) is 11.9. The fourth-order valence-corrected chi connectivity index (χ4v) is 5.32. The maximum absolute atomic E-state index is 12.8. The van der Waals surface area contributed by atoms with Crippen molar-refractivity contribution >= 4 is 32.7 Å². The molecule has 0 radical (unpaired) electrons. The van der Waals surface area contributed by atoms with Crippen LogP contribution in [0.2, 0.25) is 0 Å². The minimum Gasteiger partial charge on any atom is -0.408 e. The molecule has 32 heavy (non-hydrogen) atoms. The Morgan fingerprint density at radius 1 is 1.12 bits per heavy atom. The van der Waals surface area contributed by atoms with Crippen molar-refractivity contribution in [3.8, 4) is 0 Å². The van der Waals surface area contributed by atoms with E-state index in [0.29, 0.717) is 30.8 Å². The highest BCUT2D eigenvalue weighted by Crippen LogP contribution is 2.24. The van der Waals surface area contributed by atoms with Gasteiger partial charge >= 0.3 is 5.76 Å². The number of fused-ring (bicyclic) bond motifs is 1. The number of aryl methyl sites for hydroxylation is 2. The smallest absolute Gasteiger partial charge is 0.408 e. The van der Waals surface area contributed by atoms with Crippen molar-refractivity contribution in [2.45, 2.75) is 44.2 Å². The van der Waals surface area contributed by atoms with Crippen LogP contribution in [0.5, 0.6) is 0 Å². The summed E-state index contributed by atoms with van der Waals surface area (Å²) in [5.41, 5.74) is 0.902. The van der Waals surface area contributed by atoms with E-state index >= 15 is 0 Å². The van der Waals surface area contributed by atoms with Crippen molar-refractivity contribution in [1.82, 2.24) is 13.4 Å². The molecule has 0 spiro atoms. The molecule has 1 saturated heterocycles. The van der Waals surface area contributed by atoms with Crippen molar-refractivity contribution in [1.29, 1.82) is 0 Å². The third kappa shape index (κ3) is 4.26. The fraction of sp³-hybridized carbons (Fsp3) is 0.381. The highest BCUT2D eigenvalue weighted by Gasteiger charge is 2.28. The van der Waals surface area contributed by atoms with Crippen LogP contribution in [0.1, 0.15) is 26.2 Å². The Balaban J connectivity index is 1.50. The van der Waals surface area contributed by atoms with Gasteiger partial charge in [0.25, 0.3) is 5.56 Å². The Morgan fingerprint density at radius 3 is 2.59 bits per heavy atom. The summed E-state index contributed by atoms with van der Waals surface area (Å²) in [6.07, 6.45) is 3.21. The van der Waals surface area contributed by atoms with Crippen molar-refractivity contribution < 1.29 is 17.6 Å². The first kappa shape index (κ1) is 22.0. The predicted molar refractivity (Wildman–Crippen MR) is 118 cm³/mol. The molecule has 0 atom stereocenters. The molecule has 0 bridgehead atoms. The monoisotopic (exact) mass is 460 g/mol. The number of nitrogens with zero attached hydrogens (tertiary/aromatic N) is 3. The lowest BCUT2D eigenvalue weighted by atomic mass is 10.3. The van der Waals surface area contributed by atoms with Crippen molar-refractivity contribution in [2.24, 2.45) is 0 Å². The SMILES string of the molecule is CCn1cc(NC(=O)CCn2c(=O)oc3cc(S(=O)(=O)N4CCCC4)ccc32)ccc1=O. The molecular weight excluding hydrogens is 436 g/mol. The summed E-state index contributed by atoms with van der Waals surface area (Å²) in [6, 6.07) is 7.23. The number of aromatic nitrogens is 2. The van der Waals surface area contributed by atoms with Gasteiger partial charge in [-0.05, 0) is 38.0 Å². The van der Waals surface area contributed by atoms with Crippen LogP contribution in [0, 0.1) is 0 Å². The van der Waals surface area contributed by atoms with Crippen LogP contribution in [0.3, 0.4) is 0 Å². The number of anilines is 1. The number of hydrogen-bond acceptors (Lipinski definition) is 6. The molecule has 10 nitrogen and oxygen atoms in total. The predicted octanol–water partition coefficient (Wildman–Crippen LogP) is 1.59. The van der Waals surface area contributed by atoms with Gasteiger partial charge in [-0.15, -0.1) is 0 Å². The molecule has 1 aromatic carbocycles. The van der Waals surface area contributed by atoms with Gasteiger partial charge in [0, 0.05) is 50.9 Å². The van der Waals surface area contributed by atoms with E-state index in [1.807, 2.05) is 6.92 Å². The topological polar surface area (TPSA) is 124 Å². The van der Waals surface area contributed by atoms with Crippen LogP contribution in [-0.2, 0) is 27.9 Å². The number of amides is 1. The van der Waals surface area contributed by atoms with Gasteiger partial charge in [-0.25, -0.2) is 13.2 Å². The number of hydrogen-bond donors (Lipinski definition) is 1. The average molecular weight is 461 g/mol. The lowest BCUT2D eigenvalue weighted by Crippen LogP contribution is -2.27. The zero-order valence-electron chi connectivity index (χ0n) is 17.6. The van der Waals surface area contributed by atoms with Gasteiger partial charge in [0.05, 0.1) is 16.1 Å². The number of nitrogens with one attached hydrogen (secondary N) is 1. The van der Waals surface area contributed by atoms with Crippen LogP contribution in [0.4, 0.5) is 5.69 Å². The molecule has 1 aliphatic heterocycles. The van der Waals surface area contributed by atoms with Crippen LogP contribution in [0.15, 0.2) is 55.4 Å². The summed E-state index contributed by atoms with van der Waals surface area (Å²) in [5, 5.41) is 2.70. The molecule has 11 heteroatoms. The molecule has 1 amide bonds. The molecule has 1 aliphatic rings. The fourth-order valence-electron chi connectivity index (χ4n) is 3.79. The second-order valence-electron chi connectivity index (χ2n) is 7.60. The van der Waals surface area contributed by atoms with E-state index in [1.54, 1.807) is 6.20 Å². The summed E-state index contributed by atoms with van der Waals surface area (Å²) in [4.78, 5) is 36.4. The van der Waals surface area contributed by atoms with Gasteiger partial charge < -0.3 is 14.3 Å². The van der Waals surface area contributed by atoms with E-state index in [4.69, 9.17) is 4.42 Å². The Labute approximate surface area is 184 Å². The number of carbonyl (C=O) groups excluding carboxylic acids is 1. The van der Waals surface area contributed by atoms with Crippen LogP contribution in [0.25, 0.3) is 11.1 Å². The molecule has 0 aliphatic carbocycles. The van der Waals surface area contributed by atoms with Crippen molar-refractivity contribution in [3.05, 3.63) is 57.4 Å². The van der Waals surface area contributed by atoms with Crippen LogP contribution < -0.4 is 16.6 Å². The largest absolute Gasteiger partial charge is 0.419 e. The molecule has 170 valence electrons. The summed E-state index contributed by atoms with van der Waals surface area (Å²) >= 11 is 0. The normalized spacial score (nSPS) is 14.8. The molecule has 1 N–H and O–H groups in total. The number of carbonyl (C=O) groups is 1. The number of pyridine rings is 1. The molecule has 3 aromatic rings. The van der Waals surface area contributed by atoms with E-state index in [1.165, 1.54) is 43.8 Å². The third-order valence-corrected chi connectivity index (χ3v) is 7.41. The lowest BCUT2D eigenvalue weighted by Gasteiger charge is -2.15. The molecule has 0 saturated carbocycles. The standard InChI is InChI=1S/C21H24N4O6S/c1-2-23-14-15(5-8-20(23)27)22-19(26)9-12-25-17-7-6-16(13-18(17)31-21(25)28)32(29,30)24-10-3-4-11-24/h5-8,13-14H,2-4,9-12H2,1H3,(H,22,26). The Hall–Kier alpha value is -3.18. The van der Waals surface area contributed by atoms with E-state index in [2.05, 4.69) is 5.32 Å². The van der Waals surface area contributed by atoms with Gasteiger partial charge in [0.15, 0.2) is 5.58 Å². The summed E-state index contributed by atoms with van der Waals surface area (Å²) in [5.74, 6) is -0.996. The van der Waals surface area contributed by atoms with E-state index in [-0.39, 0.29) is 34.9 Å². The second-order valence-corrected chi connectivity index (χ2v) is 9.54. The third-order valence-electron chi connectivity index (χ3n) is 5.51. The van der Waals surface area contributed by atoms with E-state index < -0.39 is 15.8 Å². The molecule has 2 aromatic heterocycles. The summed E-state index contributed by atoms with van der Waals surface area (Å²) in [7, 11) is -3.63. The second kappa shape index (κ2) is 8.75. The van der Waals surface area contributed by atoms with Gasteiger partial charge in [0.2, 0.25) is 15.9 Å². The summed E-state index contributed by atoms with van der Waals surface area (Å²) in [6.45, 7) is 3.33. The first-order valence-electron chi connectivity index (χ1n) is 10.4. The van der Waals surface area contributed by atoms with Crippen molar-refractivity contribution in [3.63, 3.8) is 0 Å². The van der Waals surface area contributed by atoms with Gasteiger partial charge in [-0.1, -0.05) is 0 Å². The van der Waals surface area contributed by atoms with Crippen molar-refractivity contribution in [2.75, 3.05) is 18.4 Å². The van der Waals surface area contributed by atoms with Crippen LogP contribution in [-0.4, -0.2) is 40.9 Å². The average Bonchev–Trinajstić information content (AvgIpc) is 3.41. The molecular formula is C21H24N4O6S. The maximum Gasteiger partial charge on any atom is 0.419 e. The molecule has 3 heterocycles. The number of oxazole rings is 1. The van der Waals surface area contributed by atoms with Gasteiger partial charge in [-0.3, -0.25) is 14.2 Å². The van der Waals surface area contributed by atoms with Gasteiger partial charge in [0.1, 0.15) is 0 Å². The molecule has 4 rings (SSSR count). The van der Waals surface area contributed by atoms with E-state index in [9.17, 15) is 22.8 Å². The van der Waals surface area contributed by atoms with Crippen LogP contribution >= 0.6 is 0 Å². The zero-order chi connectivity index (χ0) is 22.9. The highest BCUT2D eigenvalue weighted by atomic mass is 32.2. The Bertz CT molecular complexity index is 1380. The van der Waals surface area contributed by atoms with Gasteiger partial charge in [-0.2, -0.15) is 4.31 Å². The molecule has 1 fully saturated rings. The number of sulfonamides is 1. The minimum atomic E-state index is -3.63. The summed E-state index contributed by atoms with van der Waals surface area (Å²) < 4.78 is 34.9. The maximum atomic E-state index is 12.8. The first-order chi connectivity index (χ1) is 15.3. The zero-order valence-corrected chi connectivity index (χ0v) is 18.4. The number of benzene rings is 1. The lowest BCUT2D eigenvalue weighted by molar-refractivity contribution is -0.116. The Kier molecular flexibility index (Phi) is 6.02. The Morgan fingerprint density at radius 2 is 1.88 bits per heavy atom. The molecule has 0 unspecified atom stereocenters. The minimum absolute atomic E-state index is 0.00633. The number of rotatable bonds is 7. The quantitative estimate of drug-likeness (QED) is 0.571. The van der Waals surface area contributed by atoms with E-state index in [0.717, 1.165) is 12.8 Å².